The molecule has 1 aliphatic rings. The lowest BCUT2D eigenvalue weighted by atomic mass is 10.2. The highest BCUT2D eigenvalue weighted by molar-refractivity contribution is 5.98. The number of carbonyl (C=O) groups is 2. The molecule has 0 spiro atoms. The van der Waals surface area contributed by atoms with Gasteiger partial charge < -0.3 is 20.5 Å². The molecule has 19 heavy (non-hydrogen) atoms. The summed E-state index contributed by atoms with van der Waals surface area (Å²) in [5.41, 5.74) is 0.111. The van der Waals surface area contributed by atoms with Crippen LogP contribution in [0.5, 0.6) is 11.5 Å². The van der Waals surface area contributed by atoms with Gasteiger partial charge in [-0.2, -0.15) is 0 Å². The number of rotatable bonds is 5. The number of carbonyl (C=O) groups excluding carboxylic acids is 2. The van der Waals surface area contributed by atoms with Crippen molar-refractivity contribution in [2.24, 2.45) is 0 Å². The molecule has 1 aliphatic carbocycles. The van der Waals surface area contributed by atoms with Crippen molar-refractivity contribution < 1.29 is 19.4 Å². The molecule has 1 saturated carbocycles. The van der Waals surface area contributed by atoms with E-state index < -0.39 is 5.91 Å². The second kappa shape index (κ2) is 5.60. The van der Waals surface area contributed by atoms with Crippen molar-refractivity contribution in [3.05, 3.63) is 23.8 Å². The van der Waals surface area contributed by atoms with E-state index in [1.807, 2.05) is 0 Å². The molecule has 2 amide bonds. The smallest absolute Gasteiger partial charge is 0.255 e. The van der Waals surface area contributed by atoms with Crippen molar-refractivity contribution in [3.63, 3.8) is 0 Å². The minimum absolute atomic E-state index is 0.0964. The van der Waals surface area contributed by atoms with Crippen LogP contribution >= 0.6 is 0 Å². The molecule has 6 nitrogen and oxygen atoms in total. The molecule has 3 N–H and O–H groups in total. The molecule has 0 atom stereocenters. The SMILES string of the molecule is COc1ccc(C(=O)NCC(=O)NC2CC2)c(O)c1. The molecule has 0 radical (unpaired) electrons. The van der Waals surface area contributed by atoms with Crippen molar-refractivity contribution in [1.82, 2.24) is 10.6 Å². The summed E-state index contributed by atoms with van der Waals surface area (Å²) in [4.78, 5) is 23.2. The quantitative estimate of drug-likeness (QED) is 0.718. The Balaban J connectivity index is 1.89. The maximum Gasteiger partial charge on any atom is 0.255 e. The van der Waals surface area contributed by atoms with Crippen molar-refractivity contribution in [2.75, 3.05) is 13.7 Å². The second-order valence-corrected chi connectivity index (χ2v) is 4.41. The Morgan fingerprint density at radius 3 is 2.74 bits per heavy atom. The molecule has 0 saturated heterocycles. The fourth-order valence-electron chi connectivity index (χ4n) is 1.59. The minimum Gasteiger partial charge on any atom is -0.507 e. The van der Waals surface area contributed by atoms with E-state index in [4.69, 9.17) is 4.74 Å². The molecule has 1 fully saturated rings. The molecule has 0 unspecified atom stereocenters. The van der Waals surface area contributed by atoms with Crippen molar-refractivity contribution in [3.8, 4) is 11.5 Å². The highest BCUT2D eigenvalue weighted by atomic mass is 16.5. The standard InChI is InChI=1S/C13H16N2O4/c1-19-9-4-5-10(11(16)6-9)13(18)14-7-12(17)15-8-2-3-8/h4-6,8,16H,2-3,7H2,1H3,(H,14,18)(H,15,17). The van der Waals surface area contributed by atoms with Gasteiger partial charge in [0.15, 0.2) is 0 Å². The van der Waals surface area contributed by atoms with Crippen LogP contribution in [0, 0.1) is 0 Å². The van der Waals surface area contributed by atoms with Gasteiger partial charge in [0.1, 0.15) is 11.5 Å². The van der Waals surface area contributed by atoms with Gasteiger partial charge in [0.2, 0.25) is 5.91 Å². The average molecular weight is 264 g/mol. The number of hydrogen-bond donors (Lipinski definition) is 3. The van der Waals surface area contributed by atoms with E-state index in [1.54, 1.807) is 6.07 Å². The normalized spacial score (nSPS) is 13.7. The number of aromatic hydroxyl groups is 1. The van der Waals surface area contributed by atoms with Gasteiger partial charge in [0, 0.05) is 12.1 Å². The summed E-state index contributed by atoms with van der Waals surface area (Å²) < 4.78 is 4.92. The molecular weight excluding hydrogens is 248 g/mol. The van der Waals surface area contributed by atoms with Crippen LogP contribution < -0.4 is 15.4 Å². The molecule has 0 aromatic heterocycles. The number of phenols is 1. The Labute approximate surface area is 110 Å². The van der Waals surface area contributed by atoms with E-state index >= 15 is 0 Å². The van der Waals surface area contributed by atoms with E-state index in [0.29, 0.717) is 5.75 Å². The fourth-order valence-corrected chi connectivity index (χ4v) is 1.59. The van der Waals surface area contributed by atoms with Crippen LogP contribution in [0.2, 0.25) is 0 Å². The molecule has 102 valence electrons. The van der Waals surface area contributed by atoms with Gasteiger partial charge in [-0.25, -0.2) is 0 Å². The largest absolute Gasteiger partial charge is 0.507 e. The lowest BCUT2D eigenvalue weighted by molar-refractivity contribution is -0.120. The number of ether oxygens (including phenoxy) is 1. The summed E-state index contributed by atoms with van der Waals surface area (Å²) in [6.45, 7) is -0.0964. The predicted molar refractivity (Wildman–Crippen MR) is 68.2 cm³/mol. The lowest BCUT2D eigenvalue weighted by Gasteiger charge is -2.08. The predicted octanol–water partition coefficient (Wildman–Crippen LogP) is 0.409. The van der Waals surface area contributed by atoms with E-state index in [0.717, 1.165) is 12.8 Å². The van der Waals surface area contributed by atoms with E-state index in [-0.39, 0.29) is 29.8 Å². The van der Waals surface area contributed by atoms with Crippen LogP contribution in [0.4, 0.5) is 0 Å². The molecular formula is C13H16N2O4. The van der Waals surface area contributed by atoms with Gasteiger partial charge in [-0.15, -0.1) is 0 Å². The fraction of sp³-hybridized carbons (Fsp3) is 0.385. The Bertz CT molecular complexity index is 497. The van der Waals surface area contributed by atoms with E-state index in [2.05, 4.69) is 10.6 Å². The van der Waals surface area contributed by atoms with Gasteiger partial charge in [0.25, 0.3) is 5.91 Å². The van der Waals surface area contributed by atoms with Crippen LogP contribution in [0.25, 0.3) is 0 Å². The third-order valence-corrected chi connectivity index (χ3v) is 2.80. The van der Waals surface area contributed by atoms with Crippen LogP contribution in [-0.4, -0.2) is 36.6 Å². The number of nitrogens with one attached hydrogen (secondary N) is 2. The summed E-state index contributed by atoms with van der Waals surface area (Å²) in [6.07, 6.45) is 2.00. The van der Waals surface area contributed by atoms with E-state index in [9.17, 15) is 14.7 Å². The van der Waals surface area contributed by atoms with Crippen molar-refractivity contribution >= 4 is 11.8 Å². The summed E-state index contributed by atoms with van der Waals surface area (Å²) >= 11 is 0. The van der Waals surface area contributed by atoms with Gasteiger partial charge in [-0.1, -0.05) is 0 Å². The monoisotopic (exact) mass is 264 g/mol. The number of benzene rings is 1. The topological polar surface area (TPSA) is 87.7 Å². The zero-order valence-electron chi connectivity index (χ0n) is 10.6. The van der Waals surface area contributed by atoms with Gasteiger partial charge in [0.05, 0.1) is 19.2 Å². The van der Waals surface area contributed by atoms with Crippen LogP contribution in [0.3, 0.4) is 0 Å². The Hall–Kier alpha value is -2.24. The van der Waals surface area contributed by atoms with Crippen LogP contribution in [0.1, 0.15) is 23.2 Å². The zero-order chi connectivity index (χ0) is 13.8. The van der Waals surface area contributed by atoms with Gasteiger partial charge >= 0.3 is 0 Å². The minimum atomic E-state index is -0.494. The second-order valence-electron chi connectivity index (χ2n) is 4.41. The summed E-state index contributed by atoms with van der Waals surface area (Å²) in [5.74, 6) is -0.435. The Kier molecular flexibility index (Phi) is 3.89. The van der Waals surface area contributed by atoms with Crippen LogP contribution in [-0.2, 0) is 4.79 Å². The average Bonchev–Trinajstić information content (AvgIpc) is 3.19. The van der Waals surface area contributed by atoms with Crippen LogP contribution in [0.15, 0.2) is 18.2 Å². The molecule has 0 bridgehead atoms. The third kappa shape index (κ3) is 3.61. The molecule has 6 heteroatoms. The molecule has 0 aliphatic heterocycles. The highest BCUT2D eigenvalue weighted by Gasteiger charge is 2.23. The first kappa shape index (κ1) is 13.2. The first-order valence-corrected chi connectivity index (χ1v) is 6.04. The summed E-state index contributed by atoms with van der Waals surface area (Å²) in [7, 11) is 1.47. The first-order chi connectivity index (χ1) is 9.10. The summed E-state index contributed by atoms with van der Waals surface area (Å²) in [6, 6.07) is 4.62. The summed E-state index contributed by atoms with van der Waals surface area (Å²) in [5, 5.41) is 14.9. The van der Waals surface area contributed by atoms with E-state index in [1.165, 1.54) is 19.2 Å². The molecule has 1 aromatic rings. The zero-order valence-corrected chi connectivity index (χ0v) is 10.6. The number of hydrogen-bond acceptors (Lipinski definition) is 4. The van der Waals surface area contributed by atoms with Crippen molar-refractivity contribution in [1.29, 1.82) is 0 Å². The van der Waals surface area contributed by atoms with Gasteiger partial charge in [-0.3, -0.25) is 9.59 Å². The Morgan fingerprint density at radius 2 is 2.16 bits per heavy atom. The molecule has 0 heterocycles. The molecule has 2 rings (SSSR count). The van der Waals surface area contributed by atoms with Crippen molar-refractivity contribution in [2.45, 2.75) is 18.9 Å². The number of amides is 2. The highest BCUT2D eigenvalue weighted by Crippen LogP contribution is 2.23. The lowest BCUT2D eigenvalue weighted by Crippen LogP contribution is -2.37. The number of phenolic OH excluding ortho intramolecular Hbond substituents is 1. The first-order valence-electron chi connectivity index (χ1n) is 6.04. The number of methoxy groups -OCH3 is 1. The molecule has 1 aromatic carbocycles. The maximum atomic E-state index is 11.8. The third-order valence-electron chi connectivity index (χ3n) is 2.80. The maximum absolute atomic E-state index is 11.8. The van der Waals surface area contributed by atoms with Gasteiger partial charge in [-0.05, 0) is 25.0 Å². The Morgan fingerprint density at radius 1 is 1.42 bits per heavy atom.